The van der Waals surface area contributed by atoms with Gasteiger partial charge >= 0.3 is 0 Å². The van der Waals surface area contributed by atoms with Gasteiger partial charge in [-0.25, -0.2) is 4.39 Å². The van der Waals surface area contributed by atoms with Gasteiger partial charge in [0.2, 0.25) is 0 Å². The molecule has 22 heavy (non-hydrogen) atoms. The molecule has 1 aromatic carbocycles. The van der Waals surface area contributed by atoms with E-state index in [0.717, 1.165) is 43.7 Å². The van der Waals surface area contributed by atoms with Crippen molar-refractivity contribution in [3.05, 3.63) is 65.7 Å². The molecular formula is C18H21FN2O. The molecule has 1 saturated heterocycles. The van der Waals surface area contributed by atoms with Crippen molar-refractivity contribution >= 4 is 0 Å². The van der Waals surface area contributed by atoms with Crippen LogP contribution in [0.4, 0.5) is 4.39 Å². The van der Waals surface area contributed by atoms with Crippen LogP contribution in [0.3, 0.4) is 0 Å². The predicted molar refractivity (Wildman–Crippen MR) is 84.1 cm³/mol. The number of nitrogens with one attached hydrogen (secondary N) is 1. The van der Waals surface area contributed by atoms with Crippen molar-refractivity contribution in [2.45, 2.75) is 31.4 Å². The Morgan fingerprint density at radius 2 is 2.09 bits per heavy atom. The number of nitrogens with zero attached hydrogens (tertiary/aromatic N) is 1. The normalized spacial score (nSPS) is 19.2. The Bertz CT molecular complexity index is 567. The summed E-state index contributed by atoms with van der Waals surface area (Å²) in [7, 11) is 0. The summed E-state index contributed by atoms with van der Waals surface area (Å²) < 4.78 is 18.8. The van der Waals surface area contributed by atoms with Crippen LogP contribution < -0.4 is 5.32 Å². The first-order valence-electron chi connectivity index (χ1n) is 7.84. The van der Waals surface area contributed by atoms with Crippen LogP contribution in [0.25, 0.3) is 0 Å². The summed E-state index contributed by atoms with van der Waals surface area (Å²) in [6, 6.07) is 13.3. The van der Waals surface area contributed by atoms with Gasteiger partial charge in [-0.15, -0.1) is 0 Å². The highest BCUT2D eigenvalue weighted by atomic mass is 19.1. The molecule has 1 fully saturated rings. The van der Waals surface area contributed by atoms with E-state index in [9.17, 15) is 4.39 Å². The molecular weight excluding hydrogens is 279 g/mol. The Morgan fingerprint density at radius 1 is 1.23 bits per heavy atom. The molecule has 2 aromatic rings. The van der Waals surface area contributed by atoms with Crippen molar-refractivity contribution < 1.29 is 9.13 Å². The summed E-state index contributed by atoms with van der Waals surface area (Å²) in [4.78, 5) is 4.24. The molecule has 0 radical (unpaired) electrons. The molecule has 0 amide bonds. The lowest BCUT2D eigenvalue weighted by molar-refractivity contribution is 0.104. The highest BCUT2D eigenvalue weighted by Gasteiger charge is 2.18. The molecule has 1 aromatic heterocycles. The predicted octanol–water partition coefficient (Wildman–Crippen LogP) is 3.47. The van der Waals surface area contributed by atoms with Crippen molar-refractivity contribution in [1.29, 1.82) is 0 Å². The number of benzene rings is 1. The first-order valence-corrected chi connectivity index (χ1v) is 7.84. The third kappa shape index (κ3) is 3.90. The molecule has 0 aliphatic carbocycles. The van der Waals surface area contributed by atoms with Crippen molar-refractivity contribution in [3.8, 4) is 0 Å². The zero-order valence-electron chi connectivity index (χ0n) is 12.5. The van der Waals surface area contributed by atoms with Crippen LogP contribution in [-0.2, 0) is 4.74 Å². The summed E-state index contributed by atoms with van der Waals surface area (Å²) in [5.41, 5.74) is 1.97. The number of pyridine rings is 1. The van der Waals surface area contributed by atoms with Crippen LogP contribution in [0, 0.1) is 5.82 Å². The quantitative estimate of drug-likeness (QED) is 0.887. The molecule has 2 heterocycles. The van der Waals surface area contributed by atoms with E-state index in [2.05, 4.69) is 22.4 Å². The van der Waals surface area contributed by atoms with Gasteiger partial charge in [0.05, 0.1) is 24.0 Å². The number of hydrogen-bond acceptors (Lipinski definition) is 3. The Kier molecular flexibility index (Phi) is 5.14. The standard InChI is InChI=1S/C18H21FN2O/c19-15-8-9-17(21-13-15)18(14-5-2-1-3-6-14)20-11-10-16-7-4-12-22-16/h1-3,5-6,8-9,13,16,18,20H,4,7,10-12H2. The molecule has 0 saturated carbocycles. The minimum atomic E-state index is -0.310. The topological polar surface area (TPSA) is 34.1 Å². The van der Waals surface area contributed by atoms with E-state index < -0.39 is 0 Å². The van der Waals surface area contributed by atoms with E-state index in [1.165, 1.54) is 12.3 Å². The Balaban J connectivity index is 1.70. The van der Waals surface area contributed by atoms with Gasteiger partial charge in [-0.2, -0.15) is 0 Å². The number of aromatic nitrogens is 1. The van der Waals surface area contributed by atoms with Crippen LogP contribution >= 0.6 is 0 Å². The molecule has 2 unspecified atom stereocenters. The van der Waals surface area contributed by atoms with Crippen molar-refractivity contribution in [2.75, 3.05) is 13.2 Å². The van der Waals surface area contributed by atoms with Gasteiger partial charge in [0, 0.05) is 6.61 Å². The maximum Gasteiger partial charge on any atom is 0.141 e. The molecule has 1 N–H and O–H groups in total. The number of hydrogen-bond donors (Lipinski definition) is 1. The van der Waals surface area contributed by atoms with Crippen LogP contribution in [0.15, 0.2) is 48.7 Å². The smallest absolute Gasteiger partial charge is 0.141 e. The summed E-state index contributed by atoms with van der Waals surface area (Å²) in [5.74, 6) is -0.310. The van der Waals surface area contributed by atoms with Crippen LogP contribution in [0.1, 0.15) is 36.6 Å². The highest BCUT2D eigenvalue weighted by molar-refractivity contribution is 5.27. The Morgan fingerprint density at radius 3 is 2.77 bits per heavy atom. The zero-order valence-corrected chi connectivity index (χ0v) is 12.5. The van der Waals surface area contributed by atoms with E-state index in [1.54, 1.807) is 6.07 Å². The lowest BCUT2D eigenvalue weighted by atomic mass is 10.0. The lowest BCUT2D eigenvalue weighted by Gasteiger charge is -2.20. The Hall–Kier alpha value is -1.78. The van der Waals surface area contributed by atoms with E-state index >= 15 is 0 Å². The van der Waals surface area contributed by atoms with Gasteiger partial charge in [0.25, 0.3) is 0 Å². The molecule has 1 aliphatic heterocycles. The van der Waals surface area contributed by atoms with E-state index in [1.807, 2.05) is 18.2 Å². The van der Waals surface area contributed by atoms with E-state index in [0.29, 0.717) is 6.10 Å². The van der Waals surface area contributed by atoms with E-state index in [4.69, 9.17) is 4.74 Å². The van der Waals surface area contributed by atoms with Crippen LogP contribution in [0.2, 0.25) is 0 Å². The Labute approximate surface area is 130 Å². The molecule has 1 aliphatic rings. The van der Waals surface area contributed by atoms with Crippen LogP contribution in [-0.4, -0.2) is 24.2 Å². The SMILES string of the molecule is Fc1ccc(C(NCCC2CCCO2)c2ccccc2)nc1. The molecule has 0 spiro atoms. The third-order valence-electron chi connectivity index (χ3n) is 4.02. The average molecular weight is 300 g/mol. The summed E-state index contributed by atoms with van der Waals surface area (Å²) >= 11 is 0. The van der Waals surface area contributed by atoms with Crippen molar-refractivity contribution in [3.63, 3.8) is 0 Å². The molecule has 116 valence electrons. The van der Waals surface area contributed by atoms with Crippen LogP contribution in [0.5, 0.6) is 0 Å². The molecule has 2 atom stereocenters. The maximum atomic E-state index is 13.1. The molecule has 3 nitrogen and oxygen atoms in total. The first-order chi connectivity index (χ1) is 10.8. The second-order valence-electron chi connectivity index (χ2n) is 5.62. The van der Waals surface area contributed by atoms with E-state index in [-0.39, 0.29) is 11.9 Å². The molecule has 4 heteroatoms. The summed E-state index contributed by atoms with van der Waals surface area (Å²) in [6.45, 7) is 1.73. The molecule has 0 bridgehead atoms. The highest BCUT2D eigenvalue weighted by Crippen LogP contribution is 2.21. The van der Waals surface area contributed by atoms with Gasteiger partial charge in [-0.3, -0.25) is 4.98 Å². The van der Waals surface area contributed by atoms with Gasteiger partial charge < -0.3 is 10.1 Å². The summed E-state index contributed by atoms with van der Waals surface area (Å²) in [5, 5.41) is 3.53. The minimum Gasteiger partial charge on any atom is -0.378 e. The average Bonchev–Trinajstić information content (AvgIpc) is 3.07. The fourth-order valence-electron chi connectivity index (χ4n) is 2.86. The second-order valence-corrected chi connectivity index (χ2v) is 5.62. The van der Waals surface area contributed by atoms with Crippen molar-refractivity contribution in [2.24, 2.45) is 0 Å². The summed E-state index contributed by atoms with van der Waals surface area (Å²) in [6.07, 6.45) is 4.93. The number of ether oxygens (including phenoxy) is 1. The second kappa shape index (κ2) is 7.47. The number of rotatable bonds is 6. The van der Waals surface area contributed by atoms with Gasteiger partial charge in [0.15, 0.2) is 0 Å². The first kappa shape index (κ1) is 15.1. The largest absolute Gasteiger partial charge is 0.378 e. The zero-order chi connectivity index (χ0) is 15.2. The maximum absolute atomic E-state index is 13.1. The van der Waals surface area contributed by atoms with Gasteiger partial charge in [0.1, 0.15) is 5.82 Å². The lowest BCUT2D eigenvalue weighted by Crippen LogP contribution is -2.26. The van der Waals surface area contributed by atoms with Gasteiger partial charge in [-0.1, -0.05) is 30.3 Å². The fraction of sp³-hybridized carbons (Fsp3) is 0.389. The van der Waals surface area contributed by atoms with Crippen molar-refractivity contribution in [1.82, 2.24) is 10.3 Å². The monoisotopic (exact) mass is 300 g/mol. The fourth-order valence-corrected chi connectivity index (χ4v) is 2.86. The molecule has 3 rings (SSSR count). The van der Waals surface area contributed by atoms with Gasteiger partial charge in [-0.05, 0) is 43.5 Å². The minimum absolute atomic E-state index is 0.0248. The third-order valence-corrected chi connectivity index (χ3v) is 4.02. The number of halogens is 1.